The Kier molecular flexibility index (Phi) is 4.85. The van der Waals surface area contributed by atoms with Crippen LogP contribution in [0.25, 0.3) is 10.6 Å². The van der Waals surface area contributed by atoms with Gasteiger partial charge >= 0.3 is 6.03 Å². The van der Waals surface area contributed by atoms with E-state index in [0.717, 1.165) is 21.1 Å². The number of amides is 2. The average Bonchev–Trinajstić information content (AvgIpc) is 3.23. The highest BCUT2D eigenvalue weighted by Gasteiger charge is 2.12. The monoisotopic (exact) mass is 342 g/mol. The van der Waals surface area contributed by atoms with E-state index >= 15 is 0 Å². The first-order valence-electron chi connectivity index (χ1n) is 7.52. The number of aryl methyl sites for hydroxylation is 1. The van der Waals surface area contributed by atoms with Crippen LogP contribution in [-0.2, 0) is 13.6 Å². The molecule has 0 unspecified atom stereocenters. The third-order valence-corrected chi connectivity index (χ3v) is 4.43. The van der Waals surface area contributed by atoms with Gasteiger partial charge in [-0.1, -0.05) is 41.7 Å². The Morgan fingerprint density at radius 3 is 2.79 bits per heavy atom. The molecule has 1 atom stereocenters. The highest BCUT2D eigenvalue weighted by atomic mass is 32.1. The number of carbonyl (C=O) groups is 1. The predicted octanol–water partition coefficient (Wildman–Crippen LogP) is 2.50. The van der Waals surface area contributed by atoms with E-state index in [9.17, 15) is 4.79 Å². The van der Waals surface area contributed by atoms with Gasteiger partial charge in [-0.05, 0) is 6.92 Å². The fraction of sp³-hybridized carbons (Fsp3) is 0.250. The second-order valence-electron chi connectivity index (χ2n) is 5.36. The fourth-order valence-electron chi connectivity index (χ4n) is 2.17. The number of hydrogen-bond acceptors (Lipinski definition) is 5. The van der Waals surface area contributed by atoms with E-state index in [0.29, 0.717) is 6.54 Å². The van der Waals surface area contributed by atoms with Crippen molar-refractivity contribution in [1.82, 2.24) is 30.6 Å². The van der Waals surface area contributed by atoms with Crippen molar-refractivity contribution < 1.29 is 4.79 Å². The molecule has 2 N–H and O–H groups in total. The maximum atomic E-state index is 12.0. The second-order valence-corrected chi connectivity index (χ2v) is 6.43. The maximum Gasteiger partial charge on any atom is 0.315 e. The molecule has 2 amide bonds. The summed E-state index contributed by atoms with van der Waals surface area (Å²) >= 11 is 1.47. The van der Waals surface area contributed by atoms with E-state index in [4.69, 9.17) is 0 Å². The van der Waals surface area contributed by atoms with Crippen molar-refractivity contribution in [2.75, 3.05) is 0 Å². The third-order valence-electron chi connectivity index (χ3n) is 3.46. The molecule has 3 rings (SSSR count). The Balaban J connectivity index is 1.52. The molecule has 0 bridgehead atoms. The molecule has 0 aliphatic heterocycles. The van der Waals surface area contributed by atoms with E-state index in [-0.39, 0.29) is 12.1 Å². The number of aromatic nitrogens is 4. The molecule has 0 aliphatic rings. The van der Waals surface area contributed by atoms with E-state index in [2.05, 4.69) is 25.9 Å². The molecule has 3 aromatic rings. The number of rotatable bonds is 5. The van der Waals surface area contributed by atoms with Crippen molar-refractivity contribution >= 4 is 17.4 Å². The molecule has 24 heavy (non-hydrogen) atoms. The molecular formula is C16H18N6OS. The molecule has 7 nitrogen and oxygen atoms in total. The zero-order valence-electron chi connectivity index (χ0n) is 13.4. The molecule has 2 heterocycles. The number of nitrogens with zero attached hydrogens (tertiary/aromatic N) is 4. The minimum absolute atomic E-state index is 0.118. The van der Waals surface area contributed by atoms with Gasteiger partial charge in [0.1, 0.15) is 10.0 Å². The predicted molar refractivity (Wildman–Crippen MR) is 92.3 cm³/mol. The largest absolute Gasteiger partial charge is 0.332 e. The number of hydrogen-bond donors (Lipinski definition) is 2. The molecule has 0 fully saturated rings. The lowest BCUT2D eigenvalue weighted by atomic mass is 10.2. The van der Waals surface area contributed by atoms with Gasteiger partial charge in [0, 0.05) is 24.4 Å². The van der Waals surface area contributed by atoms with Crippen LogP contribution in [-0.4, -0.2) is 26.0 Å². The van der Waals surface area contributed by atoms with Crippen molar-refractivity contribution in [2.45, 2.75) is 19.5 Å². The van der Waals surface area contributed by atoms with E-state index in [1.807, 2.05) is 50.5 Å². The Morgan fingerprint density at radius 1 is 1.29 bits per heavy atom. The van der Waals surface area contributed by atoms with Crippen LogP contribution in [0.2, 0.25) is 0 Å². The highest BCUT2D eigenvalue weighted by molar-refractivity contribution is 7.14. The van der Waals surface area contributed by atoms with Crippen LogP contribution in [0.1, 0.15) is 23.5 Å². The molecular weight excluding hydrogens is 324 g/mol. The van der Waals surface area contributed by atoms with E-state index in [1.165, 1.54) is 11.3 Å². The summed E-state index contributed by atoms with van der Waals surface area (Å²) in [5.74, 6) is 0. The highest BCUT2D eigenvalue weighted by Crippen LogP contribution is 2.22. The number of nitrogens with one attached hydrogen (secondary N) is 2. The Morgan fingerprint density at radius 2 is 2.08 bits per heavy atom. The third kappa shape index (κ3) is 3.96. The summed E-state index contributed by atoms with van der Waals surface area (Å²) in [5, 5.41) is 19.7. The minimum Gasteiger partial charge on any atom is -0.332 e. The van der Waals surface area contributed by atoms with Crippen molar-refractivity contribution in [3.8, 4) is 10.6 Å². The number of benzene rings is 1. The Hall–Kier alpha value is -2.74. The zero-order chi connectivity index (χ0) is 16.9. The van der Waals surface area contributed by atoms with Gasteiger partial charge in [-0.15, -0.1) is 10.2 Å². The quantitative estimate of drug-likeness (QED) is 0.746. The Labute approximate surface area is 143 Å². The van der Waals surface area contributed by atoms with Crippen molar-refractivity contribution in [1.29, 1.82) is 0 Å². The zero-order valence-corrected chi connectivity index (χ0v) is 14.2. The molecule has 0 aliphatic carbocycles. The smallest absolute Gasteiger partial charge is 0.315 e. The number of carbonyl (C=O) groups excluding carboxylic acids is 1. The van der Waals surface area contributed by atoms with Gasteiger partial charge < -0.3 is 10.6 Å². The van der Waals surface area contributed by atoms with Crippen LogP contribution < -0.4 is 10.6 Å². The molecule has 0 saturated carbocycles. The number of urea groups is 1. The maximum absolute atomic E-state index is 12.0. The second kappa shape index (κ2) is 7.22. The molecule has 0 radical (unpaired) electrons. The molecule has 0 spiro atoms. The summed E-state index contributed by atoms with van der Waals surface area (Å²) in [6.45, 7) is 2.26. The van der Waals surface area contributed by atoms with Gasteiger partial charge in [0.25, 0.3) is 0 Å². The molecule has 8 heteroatoms. The Bertz CT molecular complexity index is 813. The summed E-state index contributed by atoms with van der Waals surface area (Å²) in [4.78, 5) is 12.0. The van der Waals surface area contributed by atoms with Crippen LogP contribution >= 0.6 is 11.3 Å². The topological polar surface area (TPSA) is 84.7 Å². The van der Waals surface area contributed by atoms with Crippen LogP contribution in [0, 0.1) is 0 Å². The standard InChI is InChI=1S/C16H18N6OS/c1-11(13-8-18-22(2)10-13)19-16(23)17-9-14-20-21-15(24-14)12-6-4-3-5-7-12/h3-8,10-11H,9H2,1-2H3,(H2,17,19,23)/t11-/m0/s1. The normalized spacial score (nSPS) is 11.9. The lowest BCUT2D eigenvalue weighted by Gasteiger charge is -2.12. The summed E-state index contributed by atoms with van der Waals surface area (Å²) < 4.78 is 1.71. The lowest BCUT2D eigenvalue weighted by molar-refractivity contribution is 0.237. The van der Waals surface area contributed by atoms with Gasteiger partial charge in [-0.3, -0.25) is 4.68 Å². The van der Waals surface area contributed by atoms with Gasteiger partial charge in [0.05, 0.1) is 18.8 Å². The first-order chi connectivity index (χ1) is 11.6. The van der Waals surface area contributed by atoms with E-state index < -0.39 is 0 Å². The lowest BCUT2D eigenvalue weighted by Crippen LogP contribution is -2.36. The summed E-state index contributed by atoms with van der Waals surface area (Å²) in [6.07, 6.45) is 3.61. The summed E-state index contributed by atoms with van der Waals surface area (Å²) in [5.41, 5.74) is 1.98. The van der Waals surface area contributed by atoms with Crippen LogP contribution in [0.4, 0.5) is 4.79 Å². The van der Waals surface area contributed by atoms with Crippen molar-refractivity contribution in [3.05, 3.63) is 53.3 Å². The molecule has 1 aromatic carbocycles. The van der Waals surface area contributed by atoms with Crippen molar-refractivity contribution in [2.24, 2.45) is 7.05 Å². The van der Waals surface area contributed by atoms with Gasteiger partial charge in [-0.2, -0.15) is 5.10 Å². The van der Waals surface area contributed by atoms with Crippen LogP contribution in [0.5, 0.6) is 0 Å². The molecule has 124 valence electrons. The van der Waals surface area contributed by atoms with Gasteiger partial charge in [-0.25, -0.2) is 4.79 Å². The van der Waals surface area contributed by atoms with Gasteiger partial charge in [0.2, 0.25) is 0 Å². The summed E-state index contributed by atoms with van der Waals surface area (Å²) in [7, 11) is 1.84. The van der Waals surface area contributed by atoms with Gasteiger partial charge in [0.15, 0.2) is 0 Å². The molecule has 0 saturated heterocycles. The van der Waals surface area contributed by atoms with Crippen molar-refractivity contribution in [3.63, 3.8) is 0 Å². The first-order valence-corrected chi connectivity index (χ1v) is 8.34. The average molecular weight is 342 g/mol. The minimum atomic E-state index is -0.247. The first kappa shape index (κ1) is 16.1. The fourth-order valence-corrected chi connectivity index (χ4v) is 2.96. The SMILES string of the molecule is C[C@H](NC(=O)NCc1nnc(-c2ccccc2)s1)c1cnn(C)c1. The summed E-state index contributed by atoms with van der Waals surface area (Å²) in [6, 6.07) is 9.49. The van der Waals surface area contributed by atoms with Crippen LogP contribution in [0.15, 0.2) is 42.7 Å². The molecule has 2 aromatic heterocycles. The van der Waals surface area contributed by atoms with E-state index in [1.54, 1.807) is 10.9 Å². The van der Waals surface area contributed by atoms with Crippen LogP contribution in [0.3, 0.4) is 0 Å².